The molecule has 0 aliphatic heterocycles. The van der Waals surface area contributed by atoms with E-state index in [0.717, 1.165) is 5.56 Å². The SMILES string of the molecule is COC(=O)c1ccccc1OCC(NC(=O)OC(C)(C)C)C(=O)OCc1ccccc1. The Morgan fingerprint density at radius 3 is 2.26 bits per heavy atom. The lowest BCUT2D eigenvalue weighted by Crippen LogP contribution is -2.47. The molecule has 0 fully saturated rings. The number of esters is 2. The molecule has 1 unspecified atom stereocenters. The van der Waals surface area contributed by atoms with Crippen LogP contribution in [0.4, 0.5) is 4.79 Å². The minimum Gasteiger partial charge on any atom is -0.490 e. The van der Waals surface area contributed by atoms with Gasteiger partial charge in [0, 0.05) is 0 Å². The summed E-state index contributed by atoms with van der Waals surface area (Å²) in [6.45, 7) is 4.88. The maximum Gasteiger partial charge on any atom is 0.408 e. The van der Waals surface area contributed by atoms with Crippen molar-refractivity contribution in [3.8, 4) is 5.75 Å². The number of nitrogens with one attached hydrogen (secondary N) is 1. The predicted molar refractivity (Wildman–Crippen MR) is 113 cm³/mol. The average molecular weight is 429 g/mol. The molecule has 0 bridgehead atoms. The van der Waals surface area contributed by atoms with E-state index in [9.17, 15) is 14.4 Å². The van der Waals surface area contributed by atoms with E-state index in [1.54, 1.807) is 39.0 Å². The quantitative estimate of drug-likeness (QED) is 0.506. The van der Waals surface area contributed by atoms with Gasteiger partial charge in [-0.15, -0.1) is 0 Å². The van der Waals surface area contributed by atoms with E-state index >= 15 is 0 Å². The lowest BCUT2D eigenvalue weighted by Gasteiger charge is -2.23. The molecule has 0 aliphatic rings. The van der Waals surface area contributed by atoms with E-state index < -0.39 is 29.7 Å². The van der Waals surface area contributed by atoms with Crippen molar-refractivity contribution in [1.82, 2.24) is 5.32 Å². The van der Waals surface area contributed by atoms with E-state index in [1.165, 1.54) is 13.2 Å². The number of carbonyl (C=O) groups is 3. The van der Waals surface area contributed by atoms with Crippen LogP contribution in [0.25, 0.3) is 0 Å². The van der Waals surface area contributed by atoms with Crippen molar-refractivity contribution in [3.05, 3.63) is 65.7 Å². The second-order valence-corrected chi connectivity index (χ2v) is 7.59. The largest absolute Gasteiger partial charge is 0.490 e. The van der Waals surface area contributed by atoms with Gasteiger partial charge >= 0.3 is 18.0 Å². The normalized spacial score (nSPS) is 11.7. The van der Waals surface area contributed by atoms with Crippen molar-refractivity contribution in [1.29, 1.82) is 0 Å². The number of hydrogen-bond donors (Lipinski definition) is 1. The van der Waals surface area contributed by atoms with Crippen LogP contribution in [0.15, 0.2) is 54.6 Å². The van der Waals surface area contributed by atoms with Crippen LogP contribution in [0, 0.1) is 0 Å². The molecule has 0 aliphatic carbocycles. The van der Waals surface area contributed by atoms with Gasteiger partial charge in [-0.1, -0.05) is 42.5 Å². The van der Waals surface area contributed by atoms with E-state index in [-0.39, 0.29) is 24.5 Å². The molecule has 0 radical (unpaired) electrons. The van der Waals surface area contributed by atoms with Crippen LogP contribution in [-0.4, -0.2) is 43.4 Å². The first-order valence-electron chi connectivity index (χ1n) is 9.70. The first-order valence-corrected chi connectivity index (χ1v) is 9.70. The van der Waals surface area contributed by atoms with Gasteiger partial charge < -0.3 is 24.3 Å². The Morgan fingerprint density at radius 2 is 1.61 bits per heavy atom. The van der Waals surface area contributed by atoms with Crippen molar-refractivity contribution < 1.29 is 33.3 Å². The first-order chi connectivity index (χ1) is 14.7. The third kappa shape index (κ3) is 8.00. The summed E-state index contributed by atoms with van der Waals surface area (Å²) < 4.78 is 20.9. The summed E-state index contributed by atoms with van der Waals surface area (Å²) >= 11 is 0. The Balaban J connectivity index is 2.10. The van der Waals surface area contributed by atoms with Gasteiger partial charge in [-0.25, -0.2) is 14.4 Å². The molecule has 166 valence electrons. The minimum absolute atomic E-state index is 0.0327. The van der Waals surface area contributed by atoms with Crippen LogP contribution in [0.2, 0.25) is 0 Å². The Morgan fingerprint density at radius 1 is 0.968 bits per heavy atom. The van der Waals surface area contributed by atoms with Crippen molar-refractivity contribution in [2.75, 3.05) is 13.7 Å². The fourth-order valence-electron chi connectivity index (χ4n) is 2.49. The zero-order valence-corrected chi connectivity index (χ0v) is 18.0. The number of hydrogen-bond acceptors (Lipinski definition) is 7. The Hall–Kier alpha value is -3.55. The highest BCUT2D eigenvalue weighted by Crippen LogP contribution is 2.19. The van der Waals surface area contributed by atoms with Crippen molar-refractivity contribution in [2.45, 2.75) is 39.0 Å². The number of alkyl carbamates (subject to hydrolysis) is 1. The molecule has 0 spiro atoms. The van der Waals surface area contributed by atoms with Crippen LogP contribution in [0.5, 0.6) is 5.75 Å². The number of amides is 1. The summed E-state index contributed by atoms with van der Waals surface area (Å²) in [6.07, 6.45) is -0.793. The highest BCUT2D eigenvalue weighted by atomic mass is 16.6. The van der Waals surface area contributed by atoms with Crippen molar-refractivity contribution in [2.24, 2.45) is 0 Å². The molecule has 31 heavy (non-hydrogen) atoms. The van der Waals surface area contributed by atoms with Gasteiger partial charge in [-0.2, -0.15) is 0 Å². The minimum atomic E-state index is -1.16. The first kappa shape index (κ1) is 23.7. The van der Waals surface area contributed by atoms with Gasteiger partial charge in [0.2, 0.25) is 0 Å². The highest BCUT2D eigenvalue weighted by molar-refractivity contribution is 5.92. The van der Waals surface area contributed by atoms with Crippen molar-refractivity contribution >= 4 is 18.0 Å². The third-order valence-corrected chi connectivity index (χ3v) is 3.90. The number of benzene rings is 2. The topological polar surface area (TPSA) is 100 Å². The van der Waals surface area contributed by atoms with Crippen LogP contribution in [0.1, 0.15) is 36.7 Å². The highest BCUT2D eigenvalue weighted by Gasteiger charge is 2.27. The van der Waals surface area contributed by atoms with E-state index in [0.29, 0.717) is 0 Å². The molecular weight excluding hydrogens is 402 g/mol. The molecule has 8 heteroatoms. The lowest BCUT2D eigenvalue weighted by atomic mass is 10.2. The lowest BCUT2D eigenvalue weighted by molar-refractivity contribution is -0.148. The average Bonchev–Trinajstić information content (AvgIpc) is 2.74. The number of rotatable bonds is 8. The molecule has 0 heterocycles. The fraction of sp³-hybridized carbons (Fsp3) is 0.348. The van der Waals surface area contributed by atoms with Gasteiger partial charge in [0.15, 0.2) is 6.04 Å². The number of para-hydroxylation sites is 1. The standard InChI is InChI=1S/C23H27NO7/c1-23(2,3)31-22(27)24-18(21(26)30-14-16-10-6-5-7-11-16)15-29-19-13-9-8-12-17(19)20(25)28-4/h5-13,18H,14-15H2,1-4H3,(H,24,27). The molecule has 8 nitrogen and oxygen atoms in total. The summed E-state index contributed by atoms with van der Waals surface area (Å²) in [5, 5.41) is 2.47. The van der Waals surface area contributed by atoms with Crippen molar-refractivity contribution in [3.63, 3.8) is 0 Å². The summed E-state index contributed by atoms with van der Waals surface area (Å²) in [6, 6.07) is 14.4. The van der Waals surface area contributed by atoms with Gasteiger partial charge in [0.05, 0.1) is 7.11 Å². The van der Waals surface area contributed by atoms with E-state index in [4.69, 9.17) is 18.9 Å². The summed E-state index contributed by atoms with van der Waals surface area (Å²) in [7, 11) is 1.26. The summed E-state index contributed by atoms with van der Waals surface area (Å²) in [4.78, 5) is 36.8. The molecule has 1 atom stereocenters. The molecule has 1 amide bonds. The van der Waals surface area contributed by atoms with Crippen LogP contribution in [-0.2, 0) is 25.6 Å². The zero-order valence-electron chi connectivity index (χ0n) is 18.0. The molecule has 0 saturated carbocycles. The number of ether oxygens (including phenoxy) is 4. The molecule has 0 saturated heterocycles. The Labute approximate surface area is 181 Å². The molecule has 2 rings (SSSR count). The zero-order chi connectivity index (χ0) is 22.9. The smallest absolute Gasteiger partial charge is 0.408 e. The second-order valence-electron chi connectivity index (χ2n) is 7.59. The summed E-state index contributed by atoms with van der Waals surface area (Å²) in [5.74, 6) is -1.08. The monoisotopic (exact) mass is 429 g/mol. The van der Waals surface area contributed by atoms with Gasteiger partial charge in [-0.05, 0) is 38.5 Å². The van der Waals surface area contributed by atoms with Crippen LogP contribution >= 0.6 is 0 Å². The van der Waals surface area contributed by atoms with Gasteiger partial charge in [0.1, 0.15) is 30.1 Å². The molecule has 1 N–H and O–H groups in total. The molecular formula is C23H27NO7. The second kappa shape index (κ2) is 11.0. The third-order valence-electron chi connectivity index (χ3n) is 3.90. The Bertz CT molecular complexity index is 890. The molecule has 2 aromatic carbocycles. The fourth-order valence-corrected chi connectivity index (χ4v) is 2.49. The molecule has 2 aromatic rings. The van der Waals surface area contributed by atoms with Gasteiger partial charge in [-0.3, -0.25) is 0 Å². The number of methoxy groups -OCH3 is 1. The maximum atomic E-state index is 12.6. The van der Waals surface area contributed by atoms with Crippen LogP contribution < -0.4 is 10.1 Å². The summed E-state index contributed by atoms with van der Waals surface area (Å²) in [5.41, 5.74) is 0.239. The number of carbonyl (C=O) groups excluding carboxylic acids is 3. The predicted octanol–water partition coefficient (Wildman–Crippen LogP) is 3.49. The van der Waals surface area contributed by atoms with Crippen LogP contribution in [0.3, 0.4) is 0 Å². The maximum absolute atomic E-state index is 12.6. The van der Waals surface area contributed by atoms with E-state index in [1.807, 2.05) is 30.3 Å². The molecule has 0 aromatic heterocycles. The van der Waals surface area contributed by atoms with E-state index in [2.05, 4.69) is 5.32 Å². The Kier molecular flexibility index (Phi) is 8.43. The van der Waals surface area contributed by atoms with Gasteiger partial charge in [0.25, 0.3) is 0 Å².